The normalized spacial score (nSPS) is 37.6. The van der Waals surface area contributed by atoms with Crippen LogP contribution in [0.2, 0.25) is 0 Å². The highest BCUT2D eigenvalue weighted by Crippen LogP contribution is 2.41. The van der Waals surface area contributed by atoms with E-state index >= 15 is 8.78 Å². The minimum atomic E-state index is -3.34. The third kappa shape index (κ3) is 7.27. The molecular formula is C30H46F3N3O4. The van der Waals surface area contributed by atoms with E-state index in [0.29, 0.717) is 38.6 Å². The Bertz CT molecular complexity index is 947. The molecular weight excluding hydrogens is 523 g/mol. The summed E-state index contributed by atoms with van der Waals surface area (Å²) in [6.45, 7) is 6.15. The average molecular weight is 570 g/mol. The van der Waals surface area contributed by atoms with Gasteiger partial charge >= 0.3 is 0 Å². The lowest BCUT2D eigenvalue weighted by molar-refractivity contribution is -0.152. The fourth-order valence-electron chi connectivity index (χ4n) is 6.71. The minimum Gasteiger partial charge on any atom is -0.379 e. The van der Waals surface area contributed by atoms with Crippen LogP contribution in [-0.4, -0.2) is 81.5 Å². The Labute approximate surface area is 235 Å². The molecule has 0 aromatic carbocycles. The lowest BCUT2D eigenvalue weighted by atomic mass is 9.79. The van der Waals surface area contributed by atoms with E-state index in [1.54, 1.807) is 12.2 Å². The van der Waals surface area contributed by atoms with Crippen molar-refractivity contribution in [1.29, 1.82) is 0 Å². The molecule has 0 aromatic heterocycles. The van der Waals surface area contributed by atoms with Gasteiger partial charge in [0.15, 0.2) is 6.23 Å². The molecule has 40 heavy (non-hydrogen) atoms. The number of likely N-dealkylation sites (tertiary alicyclic amines) is 1. The second-order valence-electron chi connectivity index (χ2n) is 12.0. The summed E-state index contributed by atoms with van der Waals surface area (Å²) >= 11 is 0. The van der Waals surface area contributed by atoms with Crippen LogP contribution in [0.3, 0.4) is 0 Å². The van der Waals surface area contributed by atoms with E-state index in [-0.39, 0.29) is 49.1 Å². The molecule has 3 unspecified atom stereocenters. The Morgan fingerprint density at radius 2 is 1.90 bits per heavy atom. The van der Waals surface area contributed by atoms with Gasteiger partial charge in [0.2, 0.25) is 0 Å². The lowest BCUT2D eigenvalue weighted by Gasteiger charge is -2.39. The van der Waals surface area contributed by atoms with Crippen LogP contribution in [0.1, 0.15) is 51.9 Å². The number of fused-ring (bicyclic) bond motifs is 1. The van der Waals surface area contributed by atoms with Crippen molar-refractivity contribution in [3.8, 4) is 0 Å². The van der Waals surface area contributed by atoms with Crippen LogP contribution in [-0.2, 0) is 0 Å². The molecule has 6 N–H and O–H groups in total. The summed E-state index contributed by atoms with van der Waals surface area (Å²) in [5.74, 6) is -4.49. The summed E-state index contributed by atoms with van der Waals surface area (Å²) in [5.41, 5.74) is 1.03. The Balaban J connectivity index is 1.28. The average Bonchev–Trinajstić information content (AvgIpc) is 3.25. The van der Waals surface area contributed by atoms with Gasteiger partial charge in [-0.3, -0.25) is 15.5 Å². The number of piperidine rings is 1. The highest BCUT2D eigenvalue weighted by molar-refractivity contribution is 5.21. The lowest BCUT2D eigenvalue weighted by Crippen LogP contribution is -2.58. The van der Waals surface area contributed by atoms with E-state index in [2.05, 4.69) is 17.2 Å². The zero-order valence-electron chi connectivity index (χ0n) is 23.3. The smallest absolute Gasteiger partial charge is 0.292 e. The van der Waals surface area contributed by atoms with Crippen LogP contribution in [0.5, 0.6) is 0 Å². The monoisotopic (exact) mass is 569 g/mol. The van der Waals surface area contributed by atoms with Crippen molar-refractivity contribution >= 4 is 0 Å². The van der Waals surface area contributed by atoms with Crippen molar-refractivity contribution in [1.82, 2.24) is 15.5 Å². The third-order valence-corrected chi connectivity index (χ3v) is 9.25. The fourth-order valence-corrected chi connectivity index (χ4v) is 6.71. The van der Waals surface area contributed by atoms with E-state index in [9.17, 15) is 24.8 Å². The van der Waals surface area contributed by atoms with Crippen molar-refractivity contribution < 1.29 is 33.6 Å². The summed E-state index contributed by atoms with van der Waals surface area (Å²) in [6, 6.07) is -0.318. The molecule has 4 aliphatic rings. The summed E-state index contributed by atoms with van der Waals surface area (Å²) in [7, 11) is 0. The number of aliphatic hydroxyl groups excluding tert-OH is 4. The Morgan fingerprint density at radius 3 is 2.58 bits per heavy atom. The number of nitrogens with zero attached hydrogens (tertiary/aromatic N) is 1. The van der Waals surface area contributed by atoms with Crippen LogP contribution in [0, 0.1) is 29.6 Å². The van der Waals surface area contributed by atoms with Crippen molar-refractivity contribution in [3.05, 3.63) is 48.6 Å². The number of aliphatic hydroxyl groups is 4. The molecule has 4 rings (SSSR count). The number of alkyl halides is 3. The van der Waals surface area contributed by atoms with Gasteiger partial charge in [0.05, 0.1) is 6.04 Å². The van der Waals surface area contributed by atoms with Crippen molar-refractivity contribution in [2.45, 2.75) is 94.9 Å². The SMILES string of the molecule is C=CC[C@@H](F)/C=C\C(C)[C@H]1C=C[C@@H](C(F)(F)[C@H](O)NC[C@H]2C=C3CN(C4CC[C@H](O)NC4O)[C@@H](O)[C@H]3CC2)CC1. The third-order valence-electron chi connectivity index (χ3n) is 9.25. The first-order valence-electron chi connectivity index (χ1n) is 14.7. The van der Waals surface area contributed by atoms with E-state index in [4.69, 9.17) is 0 Å². The maximum atomic E-state index is 15.2. The molecule has 226 valence electrons. The van der Waals surface area contributed by atoms with Crippen molar-refractivity contribution in [2.75, 3.05) is 13.1 Å². The van der Waals surface area contributed by atoms with Crippen molar-refractivity contribution in [3.63, 3.8) is 0 Å². The van der Waals surface area contributed by atoms with Gasteiger partial charge in [-0.15, -0.1) is 6.58 Å². The molecule has 10 heteroatoms. The van der Waals surface area contributed by atoms with Crippen LogP contribution in [0.25, 0.3) is 0 Å². The fraction of sp³-hybridized carbons (Fsp3) is 0.733. The van der Waals surface area contributed by atoms with Gasteiger partial charge in [-0.25, -0.2) is 13.2 Å². The number of nitrogens with one attached hydrogen (secondary N) is 2. The zero-order chi connectivity index (χ0) is 29.0. The first-order chi connectivity index (χ1) is 19.0. The standard InChI is InChI=1S/C30H46F3N3O4/c1-3-4-23(31)11-5-18(2)20-7-9-22(10-8-20)30(32,33)29(40)34-16-19-6-12-24-21(15-19)17-36(28(24)39)25-13-14-26(37)35-27(25)38/h3,5,7,9,11,15,18-20,22-29,34-35,37-40H,1,4,6,8,10,12-14,16-17H2,2H3/b11-5-/t18?,19-,20+,22-,23-,24+,25?,26+,27?,28+,29+/m1/s1. The van der Waals surface area contributed by atoms with Gasteiger partial charge in [-0.2, -0.15) is 0 Å². The topological polar surface area (TPSA) is 108 Å². The van der Waals surface area contributed by atoms with Crippen LogP contribution < -0.4 is 10.6 Å². The van der Waals surface area contributed by atoms with Gasteiger partial charge in [0.25, 0.3) is 5.92 Å². The Morgan fingerprint density at radius 1 is 1.12 bits per heavy atom. The molecule has 0 saturated carbocycles. The van der Waals surface area contributed by atoms with Gasteiger partial charge in [0, 0.05) is 24.9 Å². The summed E-state index contributed by atoms with van der Waals surface area (Å²) in [5, 5.41) is 46.8. The van der Waals surface area contributed by atoms with E-state index in [1.165, 1.54) is 18.2 Å². The van der Waals surface area contributed by atoms with Gasteiger partial charge in [-0.05, 0) is 62.7 Å². The van der Waals surface area contributed by atoms with Crippen molar-refractivity contribution in [2.24, 2.45) is 29.6 Å². The van der Waals surface area contributed by atoms with Gasteiger partial charge in [0.1, 0.15) is 24.9 Å². The highest BCUT2D eigenvalue weighted by Gasteiger charge is 2.47. The number of halogens is 3. The highest BCUT2D eigenvalue weighted by atomic mass is 19.3. The largest absolute Gasteiger partial charge is 0.379 e. The first-order valence-corrected chi connectivity index (χ1v) is 14.7. The zero-order valence-corrected chi connectivity index (χ0v) is 23.3. The molecule has 0 spiro atoms. The summed E-state index contributed by atoms with van der Waals surface area (Å²) < 4.78 is 44.0. The van der Waals surface area contributed by atoms with Gasteiger partial charge < -0.3 is 20.4 Å². The van der Waals surface area contributed by atoms with E-state index in [0.717, 1.165) is 5.57 Å². The second kappa shape index (κ2) is 13.6. The molecule has 2 aliphatic carbocycles. The Kier molecular flexibility index (Phi) is 10.7. The van der Waals surface area contributed by atoms with Gasteiger partial charge in [-0.1, -0.05) is 49.0 Å². The minimum absolute atomic E-state index is 0.0226. The van der Waals surface area contributed by atoms with Crippen LogP contribution in [0.4, 0.5) is 13.2 Å². The number of hydrogen-bond acceptors (Lipinski definition) is 7. The molecule has 2 saturated heterocycles. The van der Waals surface area contributed by atoms with Crippen LogP contribution >= 0.6 is 0 Å². The van der Waals surface area contributed by atoms with E-state index < -0.39 is 42.9 Å². The molecule has 0 radical (unpaired) electrons. The maximum absolute atomic E-state index is 15.2. The molecule has 2 heterocycles. The maximum Gasteiger partial charge on any atom is 0.292 e. The molecule has 11 atom stereocenters. The molecule has 2 fully saturated rings. The van der Waals surface area contributed by atoms with Crippen LogP contribution in [0.15, 0.2) is 48.6 Å². The quantitative estimate of drug-likeness (QED) is 0.168. The number of allylic oxidation sites excluding steroid dienone is 5. The Hall–Kier alpha value is -1.53. The molecule has 7 nitrogen and oxygen atoms in total. The summed E-state index contributed by atoms with van der Waals surface area (Å²) in [4.78, 5) is 1.86. The molecule has 0 aromatic rings. The summed E-state index contributed by atoms with van der Waals surface area (Å²) in [6.07, 6.45) is 8.02. The number of hydrogen-bond donors (Lipinski definition) is 6. The second-order valence-corrected chi connectivity index (χ2v) is 12.0. The van der Waals surface area contributed by atoms with E-state index in [1.807, 2.05) is 17.9 Å². The molecule has 0 amide bonds. The predicted molar refractivity (Wildman–Crippen MR) is 148 cm³/mol. The number of rotatable bonds is 11. The molecule has 0 bridgehead atoms. The first kappa shape index (κ1) is 31.4. The predicted octanol–water partition coefficient (Wildman–Crippen LogP) is 3.19. The molecule has 2 aliphatic heterocycles.